The van der Waals surface area contributed by atoms with E-state index in [0.29, 0.717) is 17.4 Å². The molecule has 9 heteroatoms. The number of nitrogens with zero attached hydrogens (tertiary/aromatic N) is 2. The summed E-state index contributed by atoms with van der Waals surface area (Å²) in [5.41, 5.74) is 0.0103. The highest BCUT2D eigenvalue weighted by Crippen LogP contribution is 2.44. The first kappa shape index (κ1) is 26.2. The number of carbonyl (C=O) groups is 1. The Hall–Kier alpha value is -3.88. The van der Waals surface area contributed by atoms with Crippen molar-refractivity contribution in [3.63, 3.8) is 0 Å². The number of halogens is 6. The molecule has 0 aromatic heterocycles. The van der Waals surface area contributed by atoms with Gasteiger partial charge in [0, 0.05) is 22.6 Å². The monoisotopic (exact) mass is 516 g/mol. The second-order valence-electron chi connectivity index (χ2n) is 8.87. The maximum atomic E-state index is 16.3. The SMILES string of the molecule is CC(C)C1=NC(c2ccc(F)cc2)=C(C=O)C(c2ccc(F)cc2)N1C(F)c1ccc(C(F)(F)F)cc1. The topological polar surface area (TPSA) is 32.7 Å². The summed E-state index contributed by atoms with van der Waals surface area (Å²) in [6.07, 6.45) is -6.07. The van der Waals surface area contributed by atoms with Gasteiger partial charge >= 0.3 is 6.18 Å². The van der Waals surface area contributed by atoms with Crippen molar-refractivity contribution in [2.45, 2.75) is 32.4 Å². The van der Waals surface area contributed by atoms with Crippen molar-refractivity contribution in [1.29, 1.82) is 0 Å². The molecule has 0 bridgehead atoms. The van der Waals surface area contributed by atoms with Gasteiger partial charge in [-0.25, -0.2) is 18.2 Å². The van der Waals surface area contributed by atoms with E-state index in [0.717, 1.165) is 24.3 Å². The Morgan fingerprint density at radius 1 is 0.865 bits per heavy atom. The lowest BCUT2D eigenvalue weighted by Crippen LogP contribution is -2.42. The molecule has 2 atom stereocenters. The van der Waals surface area contributed by atoms with Crippen LogP contribution in [0.4, 0.5) is 26.3 Å². The molecule has 4 rings (SSSR count). The van der Waals surface area contributed by atoms with Crippen molar-refractivity contribution >= 4 is 17.8 Å². The van der Waals surface area contributed by atoms with E-state index in [-0.39, 0.29) is 28.6 Å². The lowest BCUT2D eigenvalue weighted by molar-refractivity contribution is -0.137. The summed E-state index contributed by atoms with van der Waals surface area (Å²) in [4.78, 5) is 18.3. The van der Waals surface area contributed by atoms with Crippen LogP contribution in [0.15, 0.2) is 83.4 Å². The minimum Gasteiger partial charge on any atom is -0.315 e. The van der Waals surface area contributed by atoms with E-state index in [9.17, 15) is 26.7 Å². The van der Waals surface area contributed by atoms with E-state index in [1.807, 2.05) is 0 Å². The zero-order chi connectivity index (χ0) is 26.9. The van der Waals surface area contributed by atoms with E-state index in [1.165, 1.54) is 53.4 Å². The minimum absolute atomic E-state index is 0.0391. The molecule has 0 radical (unpaired) electrons. The van der Waals surface area contributed by atoms with Gasteiger partial charge in [-0.15, -0.1) is 0 Å². The lowest BCUT2D eigenvalue weighted by atomic mass is 9.90. The van der Waals surface area contributed by atoms with Gasteiger partial charge in [-0.1, -0.05) is 38.1 Å². The van der Waals surface area contributed by atoms with E-state index < -0.39 is 35.7 Å². The van der Waals surface area contributed by atoms with Gasteiger partial charge < -0.3 is 4.90 Å². The van der Waals surface area contributed by atoms with Gasteiger partial charge in [-0.05, 0) is 54.1 Å². The molecule has 192 valence electrons. The number of aldehydes is 1. The zero-order valence-corrected chi connectivity index (χ0v) is 19.8. The minimum atomic E-state index is -4.59. The fraction of sp³-hybridized carbons (Fsp3) is 0.214. The summed E-state index contributed by atoms with van der Waals surface area (Å²) in [7, 11) is 0. The predicted molar refractivity (Wildman–Crippen MR) is 128 cm³/mol. The largest absolute Gasteiger partial charge is 0.416 e. The molecule has 3 aromatic rings. The van der Waals surface area contributed by atoms with Crippen LogP contribution in [-0.4, -0.2) is 17.0 Å². The molecule has 37 heavy (non-hydrogen) atoms. The van der Waals surface area contributed by atoms with Gasteiger partial charge in [0.15, 0.2) is 12.6 Å². The maximum absolute atomic E-state index is 16.3. The molecule has 1 aliphatic rings. The first-order valence-electron chi connectivity index (χ1n) is 11.4. The molecule has 3 aromatic carbocycles. The number of carbonyl (C=O) groups excluding carboxylic acids is 1. The molecule has 1 heterocycles. The molecular formula is C28H22F6N2O. The third kappa shape index (κ3) is 5.30. The Kier molecular flexibility index (Phi) is 7.25. The fourth-order valence-corrected chi connectivity index (χ4v) is 4.26. The summed E-state index contributed by atoms with van der Waals surface area (Å²) < 4.78 is 82.8. The standard InChI is InChI=1S/C28H22F6N2O/c1-16(2)27-35-24(17-5-11-21(29)12-6-17)23(15-37)25(18-7-13-22(30)14-8-18)36(27)26(31)19-3-9-20(10-4-19)28(32,33)34/h3-16,25-26H,1-2H3. The van der Waals surface area contributed by atoms with Crippen LogP contribution in [0.3, 0.4) is 0 Å². The van der Waals surface area contributed by atoms with Crippen LogP contribution in [0.1, 0.15) is 48.4 Å². The van der Waals surface area contributed by atoms with Gasteiger partial charge in [0.05, 0.1) is 17.3 Å². The Bertz CT molecular complexity index is 1330. The normalized spacial score (nSPS) is 17.2. The molecule has 3 nitrogen and oxygen atoms in total. The number of hydrogen-bond acceptors (Lipinski definition) is 3. The summed E-state index contributed by atoms with van der Waals surface area (Å²) in [6, 6.07) is 13.0. The quantitative estimate of drug-likeness (QED) is 0.191. The highest BCUT2D eigenvalue weighted by molar-refractivity contribution is 6.00. The summed E-state index contributed by atoms with van der Waals surface area (Å²) >= 11 is 0. The van der Waals surface area contributed by atoms with Gasteiger partial charge in [0.2, 0.25) is 0 Å². The lowest BCUT2D eigenvalue weighted by Gasteiger charge is -2.42. The van der Waals surface area contributed by atoms with E-state index in [4.69, 9.17) is 0 Å². The molecule has 1 aliphatic heterocycles. The Morgan fingerprint density at radius 3 is 1.89 bits per heavy atom. The van der Waals surface area contributed by atoms with Crippen molar-refractivity contribution in [3.8, 4) is 0 Å². The average Bonchev–Trinajstić information content (AvgIpc) is 2.87. The van der Waals surface area contributed by atoms with Gasteiger partial charge in [0.25, 0.3) is 0 Å². The molecule has 0 aliphatic carbocycles. The average molecular weight is 516 g/mol. The maximum Gasteiger partial charge on any atom is 0.416 e. The number of aliphatic imine (C=N–C) groups is 1. The van der Waals surface area contributed by atoms with E-state index in [2.05, 4.69) is 4.99 Å². The van der Waals surface area contributed by atoms with Crippen molar-refractivity contribution < 1.29 is 31.1 Å². The van der Waals surface area contributed by atoms with Crippen molar-refractivity contribution in [1.82, 2.24) is 4.90 Å². The van der Waals surface area contributed by atoms with Crippen LogP contribution in [0, 0.1) is 17.6 Å². The van der Waals surface area contributed by atoms with Gasteiger partial charge in [0.1, 0.15) is 17.5 Å². The predicted octanol–water partition coefficient (Wildman–Crippen LogP) is 7.67. The Morgan fingerprint density at radius 2 is 1.41 bits per heavy atom. The summed E-state index contributed by atoms with van der Waals surface area (Å²) in [6.45, 7) is 3.50. The van der Waals surface area contributed by atoms with E-state index in [1.54, 1.807) is 13.8 Å². The third-order valence-electron chi connectivity index (χ3n) is 6.04. The number of alkyl halides is 4. The summed E-state index contributed by atoms with van der Waals surface area (Å²) in [5.74, 6) is -1.21. The summed E-state index contributed by atoms with van der Waals surface area (Å²) in [5, 5.41) is 0. The Balaban J connectivity index is 1.91. The smallest absolute Gasteiger partial charge is 0.315 e. The second-order valence-corrected chi connectivity index (χ2v) is 8.87. The van der Waals surface area contributed by atoms with Gasteiger partial charge in [-0.2, -0.15) is 13.2 Å². The first-order chi connectivity index (χ1) is 17.5. The van der Waals surface area contributed by atoms with Crippen molar-refractivity contribution in [3.05, 3.63) is 112 Å². The van der Waals surface area contributed by atoms with Crippen molar-refractivity contribution in [2.75, 3.05) is 0 Å². The molecule has 0 amide bonds. The molecule has 2 unspecified atom stereocenters. The van der Waals surface area contributed by atoms with Crippen LogP contribution in [0.25, 0.3) is 5.70 Å². The zero-order valence-electron chi connectivity index (χ0n) is 19.8. The van der Waals surface area contributed by atoms with Crippen LogP contribution in [0.5, 0.6) is 0 Å². The first-order valence-corrected chi connectivity index (χ1v) is 11.4. The number of amidine groups is 1. The van der Waals surface area contributed by atoms with Crippen LogP contribution in [0.2, 0.25) is 0 Å². The molecule has 0 N–H and O–H groups in total. The van der Waals surface area contributed by atoms with E-state index >= 15 is 4.39 Å². The van der Waals surface area contributed by atoms with Crippen LogP contribution >= 0.6 is 0 Å². The molecule has 0 fully saturated rings. The van der Waals surface area contributed by atoms with Crippen molar-refractivity contribution in [2.24, 2.45) is 10.9 Å². The van der Waals surface area contributed by atoms with Crippen LogP contribution in [-0.2, 0) is 11.0 Å². The number of hydrogen-bond donors (Lipinski definition) is 0. The molecule has 0 spiro atoms. The third-order valence-corrected chi connectivity index (χ3v) is 6.04. The second kappa shape index (κ2) is 10.2. The van der Waals surface area contributed by atoms with Gasteiger partial charge in [-0.3, -0.25) is 4.79 Å². The van der Waals surface area contributed by atoms with Crippen LogP contribution < -0.4 is 0 Å². The molecule has 0 saturated heterocycles. The number of benzene rings is 3. The number of rotatable bonds is 6. The molecular weight excluding hydrogens is 494 g/mol. The molecule has 0 saturated carbocycles. The Labute approximate surface area is 209 Å². The highest BCUT2D eigenvalue weighted by Gasteiger charge is 2.40. The fourth-order valence-electron chi connectivity index (χ4n) is 4.26. The highest BCUT2D eigenvalue weighted by atomic mass is 19.4.